The Morgan fingerprint density at radius 3 is 2.52 bits per heavy atom. The van der Waals surface area contributed by atoms with Crippen LogP contribution in [0.3, 0.4) is 0 Å². The Bertz CT molecular complexity index is 542. The Balaban J connectivity index is 2.71. The number of sulfonamides is 1. The number of likely N-dealkylation sites (tertiary alicyclic amines) is 1. The number of rotatable bonds is 7. The topological polar surface area (TPSA) is 182 Å². The number of primary sulfonamides is 1. The van der Waals surface area contributed by atoms with E-state index in [1.807, 2.05) is 0 Å². The van der Waals surface area contributed by atoms with E-state index in [1.54, 1.807) is 0 Å². The highest BCUT2D eigenvalue weighted by Gasteiger charge is 2.41. The number of hydrogen-bond acceptors (Lipinski definition) is 5. The van der Waals surface area contributed by atoms with Gasteiger partial charge in [0.25, 0.3) is 0 Å². The Hall–Kier alpha value is -1.88. The molecule has 0 saturated carbocycles. The van der Waals surface area contributed by atoms with Crippen LogP contribution < -0.4 is 16.6 Å². The predicted molar refractivity (Wildman–Crippen MR) is 74.6 cm³/mol. The van der Waals surface area contributed by atoms with E-state index in [4.69, 9.17) is 16.6 Å². The lowest BCUT2D eigenvalue weighted by molar-refractivity contribution is -0.148. The molecule has 0 radical (unpaired) electrons. The average Bonchev–Trinajstić information content (AvgIpc) is 2.70. The van der Waals surface area contributed by atoms with Crippen molar-refractivity contribution in [1.82, 2.24) is 4.90 Å². The van der Waals surface area contributed by atoms with Crippen molar-refractivity contribution in [3.63, 3.8) is 0 Å². The van der Waals surface area contributed by atoms with Crippen LogP contribution in [0.25, 0.3) is 0 Å². The van der Waals surface area contributed by atoms with Crippen LogP contribution in [-0.4, -0.2) is 60.6 Å². The number of carbonyl (C=O) groups is 2. The third-order valence-electron chi connectivity index (χ3n) is 3.18. The van der Waals surface area contributed by atoms with Crippen molar-refractivity contribution in [2.24, 2.45) is 21.6 Å². The summed E-state index contributed by atoms with van der Waals surface area (Å²) < 4.78 is 22.5. The molecule has 21 heavy (non-hydrogen) atoms. The summed E-state index contributed by atoms with van der Waals surface area (Å²) in [5, 5.41) is 13.1. The van der Waals surface area contributed by atoms with E-state index in [1.165, 1.54) is 0 Å². The molecule has 0 aromatic carbocycles. The third-order valence-corrected chi connectivity index (χ3v) is 4.42. The molecule has 0 aromatic heterocycles. The van der Waals surface area contributed by atoms with Gasteiger partial charge in [0.15, 0.2) is 5.96 Å². The second-order valence-electron chi connectivity index (χ2n) is 4.76. The van der Waals surface area contributed by atoms with Crippen LogP contribution in [-0.2, 0) is 19.6 Å². The first-order valence-corrected chi connectivity index (χ1v) is 7.83. The zero-order chi connectivity index (χ0) is 16.2. The maximum atomic E-state index is 11.8. The molecule has 1 unspecified atom stereocenters. The lowest BCUT2D eigenvalue weighted by atomic mass is 10.1. The maximum absolute atomic E-state index is 11.8. The van der Waals surface area contributed by atoms with Crippen molar-refractivity contribution >= 4 is 27.9 Å². The quantitative estimate of drug-likeness (QED) is 0.225. The SMILES string of the molecule is NC(N)=NCCC[C@@H](C(=O)O)N1CC(S(N)(=O)=O)CC1=O. The zero-order valence-electron chi connectivity index (χ0n) is 11.3. The highest BCUT2D eigenvalue weighted by Crippen LogP contribution is 2.21. The van der Waals surface area contributed by atoms with Crippen molar-refractivity contribution in [2.45, 2.75) is 30.6 Å². The molecule has 1 heterocycles. The maximum Gasteiger partial charge on any atom is 0.326 e. The molecular weight excluding hydrogens is 302 g/mol. The van der Waals surface area contributed by atoms with Gasteiger partial charge in [0, 0.05) is 19.5 Å². The summed E-state index contributed by atoms with van der Waals surface area (Å²) >= 11 is 0. The summed E-state index contributed by atoms with van der Waals surface area (Å²) in [6.45, 7) is 0.0175. The zero-order valence-corrected chi connectivity index (χ0v) is 12.1. The summed E-state index contributed by atoms with van der Waals surface area (Å²) in [4.78, 5) is 27.8. The molecule has 120 valence electrons. The van der Waals surface area contributed by atoms with Gasteiger partial charge in [0.05, 0.1) is 0 Å². The van der Waals surface area contributed by atoms with Crippen LogP contribution in [0.4, 0.5) is 0 Å². The molecule has 1 fully saturated rings. The van der Waals surface area contributed by atoms with Gasteiger partial charge in [-0.1, -0.05) is 0 Å². The Morgan fingerprint density at radius 1 is 1.48 bits per heavy atom. The van der Waals surface area contributed by atoms with E-state index in [9.17, 15) is 23.1 Å². The van der Waals surface area contributed by atoms with E-state index in [0.717, 1.165) is 4.90 Å². The van der Waals surface area contributed by atoms with Crippen LogP contribution in [0.1, 0.15) is 19.3 Å². The smallest absolute Gasteiger partial charge is 0.326 e. The minimum absolute atomic E-state index is 0.103. The molecule has 1 saturated heterocycles. The van der Waals surface area contributed by atoms with Crippen molar-refractivity contribution in [2.75, 3.05) is 13.1 Å². The highest BCUT2D eigenvalue weighted by atomic mass is 32.2. The number of aliphatic carboxylic acids is 1. The fraction of sp³-hybridized carbons (Fsp3) is 0.700. The van der Waals surface area contributed by atoms with Gasteiger partial charge in [-0.15, -0.1) is 0 Å². The number of aliphatic imine (C=N–C) groups is 1. The van der Waals surface area contributed by atoms with Crippen LogP contribution in [0.2, 0.25) is 0 Å². The van der Waals surface area contributed by atoms with E-state index >= 15 is 0 Å². The lowest BCUT2D eigenvalue weighted by Gasteiger charge is -2.24. The molecule has 0 bridgehead atoms. The average molecular weight is 321 g/mol. The van der Waals surface area contributed by atoms with Gasteiger partial charge in [0.1, 0.15) is 11.3 Å². The Morgan fingerprint density at radius 2 is 2.10 bits per heavy atom. The summed E-state index contributed by atoms with van der Waals surface area (Å²) in [5.74, 6) is -1.85. The molecule has 11 heteroatoms. The number of nitrogens with two attached hydrogens (primary N) is 3. The molecule has 0 spiro atoms. The summed E-state index contributed by atoms with van der Waals surface area (Å²) in [6.07, 6.45) is 0.171. The van der Waals surface area contributed by atoms with Crippen LogP contribution >= 0.6 is 0 Å². The van der Waals surface area contributed by atoms with Gasteiger partial charge in [0.2, 0.25) is 15.9 Å². The van der Waals surface area contributed by atoms with Crippen molar-refractivity contribution in [3.05, 3.63) is 0 Å². The van der Waals surface area contributed by atoms with E-state index < -0.39 is 33.2 Å². The number of carbonyl (C=O) groups excluding carboxylic acids is 1. The molecule has 7 N–H and O–H groups in total. The molecule has 1 amide bonds. The molecule has 1 aliphatic heterocycles. The van der Waals surface area contributed by atoms with Crippen molar-refractivity contribution in [1.29, 1.82) is 0 Å². The summed E-state index contributed by atoms with van der Waals surface area (Å²) in [7, 11) is -3.87. The normalized spacial score (nSPS) is 20.3. The fourth-order valence-electron chi connectivity index (χ4n) is 2.12. The summed E-state index contributed by atoms with van der Waals surface area (Å²) in [6, 6.07) is -1.11. The molecule has 10 nitrogen and oxygen atoms in total. The number of carboxylic acids is 1. The minimum atomic E-state index is -3.87. The molecule has 0 aromatic rings. The van der Waals surface area contributed by atoms with Gasteiger partial charge in [-0.3, -0.25) is 9.79 Å². The Labute approximate surface area is 122 Å². The number of guanidine groups is 1. The number of carboxylic acid groups (broad SMARTS) is 1. The third kappa shape index (κ3) is 4.86. The van der Waals surface area contributed by atoms with Crippen molar-refractivity contribution in [3.8, 4) is 0 Å². The van der Waals surface area contributed by atoms with Crippen LogP contribution in [0.15, 0.2) is 4.99 Å². The first-order valence-electron chi connectivity index (χ1n) is 6.22. The van der Waals surface area contributed by atoms with Crippen LogP contribution in [0.5, 0.6) is 0 Å². The second-order valence-corrected chi connectivity index (χ2v) is 6.61. The van der Waals surface area contributed by atoms with Crippen LogP contribution in [0, 0.1) is 0 Å². The molecule has 0 aliphatic carbocycles. The van der Waals surface area contributed by atoms with Gasteiger partial charge in [-0.25, -0.2) is 18.4 Å². The number of hydrogen-bond donors (Lipinski definition) is 4. The van der Waals surface area contributed by atoms with Gasteiger partial charge < -0.3 is 21.5 Å². The molecular formula is C10H19N5O5S. The highest BCUT2D eigenvalue weighted by molar-refractivity contribution is 7.89. The monoisotopic (exact) mass is 321 g/mol. The first kappa shape index (κ1) is 17.2. The van der Waals surface area contributed by atoms with Crippen molar-refractivity contribution < 1.29 is 23.1 Å². The standard InChI is InChI=1S/C10H19N5O5S/c11-10(12)14-3-1-2-7(9(17)18)15-5-6(4-8(15)16)21(13,19)20/h6-7H,1-5H2,(H,17,18)(H4,11,12,14)(H2,13,19,20)/t6?,7-/m0/s1. The fourth-order valence-corrected chi connectivity index (χ4v) is 2.87. The minimum Gasteiger partial charge on any atom is -0.480 e. The summed E-state index contributed by atoms with van der Waals surface area (Å²) in [5.41, 5.74) is 10.3. The number of nitrogens with zero attached hydrogens (tertiary/aromatic N) is 2. The number of amides is 1. The molecule has 1 rings (SSSR count). The largest absolute Gasteiger partial charge is 0.480 e. The lowest BCUT2D eigenvalue weighted by Crippen LogP contribution is -2.43. The molecule has 2 atom stereocenters. The predicted octanol–water partition coefficient (Wildman–Crippen LogP) is -2.62. The van der Waals surface area contributed by atoms with Gasteiger partial charge in [-0.05, 0) is 12.8 Å². The van der Waals surface area contributed by atoms with Gasteiger partial charge >= 0.3 is 5.97 Å². The van der Waals surface area contributed by atoms with E-state index in [-0.39, 0.29) is 31.9 Å². The van der Waals surface area contributed by atoms with E-state index in [2.05, 4.69) is 4.99 Å². The van der Waals surface area contributed by atoms with Gasteiger partial charge in [-0.2, -0.15) is 0 Å². The second kappa shape index (κ2) is 6.72. The molecule has 1 aliphatic rings. The van der Waals surface area contributed by atoms with E-state index in [0.29, 0.717) is 6.42 Å². The first-order chi connectivity index (χ1) is 9.62. The Kier molecular flexibility index (Phi) is 5.49.